The van der Waals surface area contributed by atoms with Crippen molar-refractivity contribution >= 4 is 23.5 Å². The quantitative estimate of drug-likeness (QED) is 0.653. The molecule has 3 N–H and O–H groups in total. The highest BCUT2D eigenvalue weighted by Gasteiger charge is 2.17. The number of aromatic amines is 1. The van der Waals surface area contributed by atoms with Crippen molar-refractivity contribution in [3.63, 3.8) is 0 Å². The molecule has 2 aromatic rings. The second kappa shape index (κ2) is 8.62. The average molecular weight is 344 g/mol. The minimum atomic E-state index is -0.439. The molecule has 0 spiro atoms. The van der Waals surface area contributed by atoms with Crippen LogP contribution in [0.15, 0.2) is 30.7 Å². The molecule has 132 valence electrons. The smallest absolute Gasteiger partial charge is 0.339 e. The molecule has 2 amide bonds. The number of aromatic nitrogens is 2. The van der Waals surface area contributed by atoms with Gasteiger partial charge in [0.2, 0.25) is 11.8 Å². The van der Waals surface area contributed by atoms with E-state index in [0.717, 1.165) is 0 Å². The van der Waals surface area contributed by atoms with Crippen molar-refractivity contribution in [1.82, 2.24) is 15.3 Å². The first kappa shape index (κ1) is 18.2. The lowest BCUT2D eigenvalue weighted by Gasteiger charge is -2.07. The third-order valence-corrected chi connectivity index (χ3v) is 3.58. The first-order chi connectivity index (χ1) is 12.0. The van der Waals surface area contributed by atoms with Crippen LogP contribution in [0, 0.1) is 6.92 Å². The number of carbonyl (C=O) groups excluding carboxylic acids is 3. The van der Waals surface area contributed by atoms with E-state index in [4.69, 9.17) is 4.74 Å². The molecule has 2 rings (SSSR count). The monoisotopic (exact) mass is 344 g/mol. The molecule has 2 heterocycles. The Hall–Kier alpha value is -3.16. The maximum Gasteiger partial charge on any atom is 0.339 e. The van der Waals surface area contributed by atoms with Gasteiger partial charge in [0.15, 0.2) is 0 Å². The van der Waals surface area contributed by atoms with Crippen LogP contribution in [0.5, 0.6) is 0 Å². The molecule has 0 atom stereocenters. The number of carbonyl (C=O) groups is 3. The van der Waals surface area contributed by atoms with Gasteiger partial charge in [0, 0.05) is 36.4 Å². The molecule has 0 fully saturated rings. The zero-order chi connectivity index (χ0) is 18.2. The van der Waals surface area contributed by atoms with Gasteiger partial charge in [0.05, 0.1) is 19.2 Å². The molecule has 8 heteroatoms. The largest absolute Gasteiger partial charge is 0.465 e. The third-order valence-electron chi connectivity index (χ3n) is 3.58. The van der Waals surface area contributed by atoms with E-state index in [-0.39, 0.29) is 24.8 Å². The molecule has 2 aromatic heterocycles. The summed E-state index contributed by atoms with van der Waals surface area (Å²) in [6.45, 7) is 1.64. The Balaban J connectivity index is 1.79. The number of hydrogen-bond donors (Lipinski definition) is 3. The molecule has 0 aliphatic rings. The number of H-pyrrole nitrogens is 1. The summed E-state index contributed by atoms with van der Waals surface area (Å²) in [6, 6.07) is 3.31. The van der Waals surface area contributed by atoms with Crippen LogP contribution in [-0.2, 0) is 20.7 Å². The zero-order valence-corrected chi connectivity index (χ0v) is 14.1. The van der Waals surface area contributed by atoms with Gasteiger partial charge >= 0.3 is 5.97 Å². The predicted molar refractivity (Wildman–Crippen MR) is 91.1 cm³/mol. The van der Waals surface area contributed by atoms with Crippen molar-refractivity contribution in [2.45, 2.75) is 19.8 Å². The molecule has 0 radical (unpaired) electrons. The van der Waals surface area contributed by atoms with E-state index in [2.05, 4.69) is 20.6 Å². The number of methoxy groups -OCH3 is 1. The summed E-state index contributed by atoms with van der Waals surface area (Å²) in [7, 11) is 1.31. The molecule has 0 unspecified atom stereocenters. The van der Waals surface area contributed by atoms with Crippen molar-refractivity contribution < 1.29 is 19.1 Å². The summed E-state index contributed by atoms with van der Waals surface area (Å²) in [6.07, 6.45) is 5.33. The van der Waals surface area contributed by atoms with Gasteiger partial charge in [0.25, 0.3) is 0 Å². The van der Waals surface area contributed by atoms with Crippen LogP contribution in [-0.4, -0.2) is 41.4 Å². The number of esters is 1. The van der Waals surface area contributed by atoms with Gasteiger partial charge in [-0.25, -0.2) is 4.79 Å². The number of nitrogens with zero attached hydrogens (tertiary/aromatic N) is 1. The van der Waals surface area contributed by atoms with E-state index in [1.165, 1.54) is 7.11 Å². The van der Waals surface area contributed by atoms with Crippen LogP contribution in [0.1, 0.15) is 28.0 Å². The van der Waals surface area contributed by atoms with Crippen LogP contribution < -0.4 is 10.6 Å². The van der Waals surface area contributed by atoms with Crippen LogP contribution in [0.3, 0.4) is 0 Å². The van der Waals surface area contributed by atoms with Gasteiger partial charge in [-0.2, -0.15) is 0 Å². The molecule has 25 heavy (non-hydrogen) atoms. The fourth-order valence-electron chi connectivity index (χ4n) is 2.32. The predicted octanol–water partition coefficient (Wildman–Crippen LogP) is 1.19. The van der Waals surface area contributed by atoms with Gasteiger partial charge in [0.1, 0.15) is 0 Å². The number of aryl methyl sites for hydroxylation is 2. The van der Waals surface area contributed by atoms with Crippen molar-refractivity contribution in [2.24, 2.45) is 0 Å². The van der Waals surface area contributed by atoms with E-state index >= 15 is 0 Å². The first-order valence-electron chi connectivity index (χ1n) is 7.73. The SMILES string of the molecule is COC(=O)c1c(CCC(=O)NCC(=O)Nc2ccncc2)c[nH]c1C. The second-order valence-electron chi connectivity index (χ2n) is 5.37. The number of pyridine rings is 1. The Labute approximate surface area is 145 Å². The summed E-state index contributed by atoms with van der Waals surface area (Å²) >= 11 is 0. The van der Waals surface area contributed by atoms with Crippen molar-refractivity contribution in [2.75, 3.05) is 19.0 Å². The Bertz CT molecular complexity index is 755. The highest BCUT2D eigenvalue weighted by Crippen LogP contribution is 2.16. The van der Waals surface area contributed by atoms with Gasteiger partial charge in [-0.05, 0) is 31.0 Å². The normalized spacial score (nSPS) is 10.2. The Morgan fingerprint density at radius 2 is 1.92 bits per heavy atom. The van der Waals surface area contributed by atoms with E-state index in [0.29, 0.717) is 28.9 Å². The lowest BCUT2D eigenvalue weighted by atomic mass is 10.1. The molecular formula is C17H20N4O4. The highest BCUT2D eigenvalue weighted by atomic mass is 16.5. The summed E-state index contributed by atoms with van der Waals surface area (Å²) in [5, 5.41) is 5.20. The molecule has 0 saturated heterocycles. The summed E-state index contributed by atoms with van der Waals surface area (Å²) in [5.74, 6) is -1.04. The minimum Gasteiger partial charge on any atom is -0.465 e. The van der Waals surface area contributed by atoms with Gasteiger partial charge in [-0.1, -0.05) is 0 Å². The number of hydrogen-bond acceptors (Lipinski definition) is 5. The molecule has 0 aliphatic heterocycles. The number of amides is 2. The molecule has 0 saturated carbocycles. The Kier molecular flexibility index (Phi) is 6.27. The van der Waals surface area contributed by atoms with Gasteiger partial charge < -0.3 is 20.4 Å². The Morgan fingerprint density at radius 3 is 2.60 bits per heavy atom. The van der Waals surface area contributed by atoms with Gasteiger partial charge in [-0.3, -0.25) is 14.6 Å². The van der Waals surface area contributed by atoms with Gasteiger partial charge in [-0.15, -0.1) is 0 Å². The van der Waals surface area contributed by atoms with E-state index in [1.54, 1.807) is 37.6 Å². The number of anilines is 1. The molecule has 8 nitrogen and oxygen atoms in total. The van der Waals surface area contributed by atoms with E-state index in [1.807, 2.05) is 0 Å². The Morgan fingerprint density at radius 1 is 1.20 bits per heavy atom. The lowest BCUT2D eigenvalue weighted by molar-refractivity contribution is -0.124. The number of ether oxygens (including phenoxy) is 1. The fraction of sp³-hybridized carbons (Fsp3) is 0.294. The maximum absolute atomic E-state index is 11.9. The topological polar surface area (TPSA) is 113 Å². The fourth-order valence-corrected chi connectivity index (χ4v) is 2.32. The second-order valence-corrected chi connectivity index (χ2v) is 5.37. The standard InChI is InChI=1S/C17H20N4O4/c1-11-16(17(24)25-2)12(9-19-11)3-4-14(22)20-10-15(23)21-13-5-7-18-8-6-13/h5-9,19H,3-4,10H2,1-2H3,(H,20,22)(H,18,21,23). The molecule has 0 aromatic carbocycles. The summed E-state index contributed by atoms with van der Waals surface area (Å²) in [4.78, 5) is 42.2. The highest BCUT2D eigenvalue weighted by molar-refractivity contribution is 5.95. The van der Waals surface area contributed by atoms with Crippen molar-refractivity contribution in [3.05, 3.63) is 47.5 Å². The van der Waals surface area contributed by atoms with E-state index in [9.17, 15) is 14.4 Å². The third kappa shape index (κ3) is 5.17. The van der Waals surface area contributed by atoms with Crippen LogP contribution in [0.25, 0.3) is 0 Å². The van der Waals surface area contributed by atoms with Crippen LogP contribution in [0.4, 0.5) is 5.69 Å². The average Bonchev–Trinajstić information content (AvgIpc) is 2.99. The molecular weight excluding hydrogens is 324 g/mol. The lowest BCUT2D eigenvalue weighted by Crippen LogP contribution is -2.33. The first-order valence-corrected chi connectivity index (χ1v) is 7.73. The van der Waals surface area contributed by atoms with Crippen LogP contribution >= 0.6 is 0 Å². The molecule has 0 bridgehead atoms. The summed E-state index contributed by atoms with van der Waals surface area (Å²) in [5.41, 5.74) is 2.46. The van der Waals surface area contributed by atoms with Crippen LogP contribution in [0.2, 0.25) is 0 Å². The van der Waals surface area contributed by atoms with E-state index < -0.39 is 5.97 Å². The zero-order valence-electron chi connectivity index (χ0n) is 14.1. The number of nitrogens with one attached hydrogen (secondary N) is 3. The van der Waals surface area contributed by atoms with Crippen molar-refractivity contribution in [1.29, 1.82) is 0 Å². The summed E-state index contributed by atoms with van der Waals surface area (Å²) < 4.78 is 4.74. The number of rotatable bonds is 7. The minimum absolute atomic E-state index is 0.128. The van der Waals surface area contributed by atoms with Crippen molar-refractivity contribution in [3.8, 4) is 0 Å². The maximum atomic E-state index is 11.9. The molecule has 0 aliphatic carbocycles.